The van der Waals surface area contributed by atoms with Gasteiger partial charge in [-0.3, -0.25) is 0 Å². The van der Waals surface area contributed by atoms with Gasteiger partial charge < -0.3 is 9.47 Å². The van der Waals surface area contributed by atoms with Crippen molar-refractivity contribution >= 4 is 22.1 Å². The fourth-order valence-corrected chi connectivity index (χ4v) is 2.86. The van der Waals surface area contributed by atoms with Gasteiger partial charge in [-0.2, -0.15) is 0 Å². The van der Waals surface area contributed by atoms with Crippen molar-refractivity contribution in [3.05, 3.63) is 60.7 Å². The molecule has 8 nitrogen and oxygen atoms in total. The second kappa shape index (κ2) is 7.03. The van der Waals surface area contributed by atoms with Crippen LogP contribution in [0.25, 0.3) is 22.1 Å². The van der Waals surface area contributed by atoms with Crippen molar-refractivity contribution < 1.29 is 9.47 Å². The van der Waals surface area contributed by atoms with Crippen LogP contribution in [0.1, 0.15) is 12.5 Å². The van der Waals surface area contributed by atoms with Crippen molar-refractivity contribution in [1.29, 1.82) is 0 Å². The Morgan fingerprint density at radius 2 is 1.15 bits per heavy atom. The number of benzene rings is 2. The molecule has 2 atom stereocenters. The van der Waals surface area contributed by atoms with Crippen molar-refractivity contribution in [2.75, 3.05) is 14.2 Å². The molecule has 0 aliphatic carbocycles. The topological polar surface area (TPSA) is 79.9 Å². The van der Waals surface area contributed by atoms with Crippen molar-refractivity contribution in [3.8, 4) is 0 Å². The van der Waals surface area contributed by atoms with Gasteiger partial charge in [-0.05, 0) is 36.4 Å². The minimum Gasteiger partial charge on any atom is -0.356 e. The van der Waals surface area contributed by atoms with Gasteiger partial charge in [0.25, 0.3) is 0 Å². The standard InChI is InChI=1S/C18H18N6O2/c1-25-17(23-15-9-5-3-7-13(15)19-21-23)11-12-18(26-2)24-16-10-6-4-8-14(16)20-22-24/h3-12,17-18H,1-2H3/b12-11+. The molecule has 2 aromatic carbocycles. The fraction of sp³-hybridized carbons (Fsp3) is 0.222. The van der Waals surface area contributed by atoms with E-state index in [9.17, 15) is 0 Å². The smallest absolute Gasteiger partial charge is 0.171 e. The largest absolute Gasteiger partial charge is 0.356 e. The fourth-order valence-electron chi connectivity index (χ4n) is 2.86. The molecular formula is C18H18N6O2. The Labute approximate surface area is 149 Å². The summed E-state index contributed by atoms with van der Waals surface area (Å²) < 4.78 is 14.6. The van der Waals surface area contributed by atoms with E-state index < -0.39 is 12.5 Å². The summed E-state index contributed by atoms with van der Waals surface area (Å²) in [6, 6.07) is 15.5. The van der Waals surface area contributed by atoms with E-state index in [-0.39, 0.29) is 0 Å². The van der Waals surface area contributed by atoms with Crippen LogP contribution < -0.4 is 0 Å². The summed E-state index contributed by atoms with van der Waals surface area (Å²) >= 11 is 0. The molecule has 26 heavy (non-hydrogen) atoms. The highest BCUT2D eigenvalue weighted by atomic mass is 16.5. The lowest BCUT2D eigenvalue weighted by Gasteiger charge is -2.15. The Morgan fingerprint density at radius 1 is 0.731 bits per heavy atom. The van der Waals surface area contributed by atoms with Gasteiger partial charge >= 0.3 is 0 Å². The number of methoxy groups -OCH3 is 2. The zero-order valence-electron chi connectivity index (χ0n) is 14.4. The molecule has 2 heterocycles. The molecule has 2 unspecified atom stereocenters. The summed E-state index contributed by atoms with van der Waals surface area (Å²) in [6.45, 7) is 0. The molecule has 4 aromatic rings. The minimum atomic E-state index is -0.421. The number of para-hydroxylation sites is 2. The third-order valence-electron chi connectivity index (χ3n) is 4.16. The Hall–Kier alpha value is -3.10. The van der Waals surface area contributed by atoms with Crippen LogP contribution in [0.5, 0.6) is 0 Å². The number of nitrogens with zero attached hydrogens (tertiary/aromatic N) is 6. The third kappa shape index (κ3) is 2.85. The predicted molar refractivity (Wildman–Crippen MR) is 96.3 cm³/mol. The van der Waals surface area contributed by atoms with Crippen molar-refractivity contribution in [3.63, 3.8) is 0 Å². The summed E-state index contributed by atoms with van der Waals surface area (Å²) in [6.07, 6.45) is 2.89. The molecule has 0 bridgehead atoms. The molecule has 0 spiro atoms. The first-order valence-electron chi connectivity index (χ1n) is 8.15. The highest BCUT2D eigenvalue weighted by Crippen LogP contribution is 2.21. The predicted octanol–water partition coefficient (Wildman–Crippen LogP) is 2.72. The third-order valence-corrected chi connectivity index (χ3v) is 4.16. The first-order valence-corrected chi connectivity index (χ1v) is 8.15. The van der Waals surface area contributed by atoms with Gasteiger partial charge in [0, 0.05) is 14.2 Å². The van der Waals surface area contributed by atoms with E-state index in [4.69, 9.17) is 9.47 Å². The zero-order valence-corrected chi connectivity index (χ0v) is 14.4. The quantitative estimate of drug-likeness (QED) is 0.498. The zero-order chi connectivity index (χ0) is 17.9. The lowest BCUT2D eigenvalue weighted by atomic mass is 10.3. The Morgan fingerprint density at radius 3 is 1.58 bits per heavy atom. The highest BCUT2D eigenvalue weighted by molar-refractivity contribution is 5.74. The normalized spacial score (nSPS) is 14.4. The van der Waals surface area contributed by atoms with E-state index in [1.807, 2.05) is 60.7 Å². The van der Waals surface area contributed by atoms with Crippen molar-refractivity contribution in [1.82, 2.24) is 30.0 Å². The average molecular weight is 350 g/mol. The second-order valence-corrected chi connectivity index (χ2v) is 5.68. The molecule has 132 valence electrons. The summed E-state index contributed by atoms with van der Waals surface area (Å²) in [5, 5.41) is 16.7. The Kier molecular flexibility index (Phi) is 4.42. The minimum absolute atomic E-state index is 0.421. The first-order chi connectivity index (χ1) is 12.8. The highest BCUT2D eigenvalue weighted by Gasteiger charge is 2.15. The lowest BCUT2D eigenvalue weighted by molar-refractivity contribution is 0.0627. The van der Waals surface area contributed by atoms with E-state index >= 15 is 0 Å². The molecule has 0 aliphatic heterocycles. The van der Waals surface area contributed by atoms with Crippen LogP contribution >= 0.6 is 0 Å². The van der Waals surface area contributed by atoms with Crippen LogP contribution in [-0.4, -0.2) is 44.2 Å². The molecule has 0 N–H and O–H groups in total. The van der Waals surface area contributed by atoms with Crippen LogP contribution in [0, 0.1) is 0 Å². The van der Waals surface area contributed by atoms with Gasteiger partial charge in [-0.25, -0.2) is 9.36 Å². The molecule has 0 saturated heterocycles. The number of hydrogen-bond donors (Lipinski definition) is 0. The van der Waals surface area contributed by atoms with Crippen LogP contribution in [0.2, 0.25) is 0 Å². The van der Waals surface area contributed by atoms with Crippen molar-refractivity contribution in [2.45, 2.75) is 12.5 Å². The van der Waals surface area contributed by atoms with E-state index in [0.29, 0.717) is 0 Å². The number of aromatic nitrogens is 6. The summed E-state index contributed by atoms with van der Waals surface area (Å²) in [5.41, 5.74) is 3.41. The maximum Gasteiger partial charge on any atom is 0.171 e. The van der Waals surface area contributed by atoms with Crippen LogP contribution in [0.4, 0.5) is 0 Å². The molecule has 8 heteroatoms. The summed E-state index contributed by atoms with van der Waals surface area (Å²) in [5.74, 6) is 0. The Bertz CT molecular complexity index is 970. The number of hydrogen-bond acceptors (Lipinski definition) is 6. The molecule has 0 aliphatic rings. The summed E-state index contributed by atoms with van der Waals surface area (Å²) in [4.78, 5) is 0. The van der Waals surface area contributed by atoms with E-state index in [1.165, 1.54) is 0 Å². The molecular weight excluding hydrogens is 332 g/mol. The maximum absolute atomic E-state index is 5.58. The molecule has 4 rings (SSSR count). The van der Waals surface area contributed by atoms with Gasteiger partial charge in [0.2, 0.25) is 0 Å². The van der Waals surface area contributed by atoms with E-state index in [0.717, 1.165) is 22.1 Å². The first kappa shape index (κ1) is 16.4. The number of fused-ring (bicyclic) bond motifs is 2. The number of rotatable bonds is 6. The number of ether oxygens (including phenoxy) is 2. The van der Waals surface area contributed by atoms with Gasteiger partial charge in [0.1, 0.15) is 11.0 Å². The average Bonchev–Trinajstić information content (AvgIpc) is 3.30. The van der Waals surface area contributed by atoms with Crippen molar-refractivity contribution in [2.24, 2.45) is 0 Å². The molecule has 2 aromatic heterocycles. The summed E-state index contributed by atoms with van der Waals surface area (Å²) in [7, 11) is 3.25. The van der Waals surface area contributed by atoms with Gasteiger partial charge in [-0.1, -0.05) is 34.7 Å². The van der Waals surface area contributed by atoms with E-state index in [1.54, 1.807) is 23.6 Å². The van der Waals surface area contributed by atoms with Gasteiger partial charge in [0.15, 0.2) is 12.5 Å². The molecule has 0 fully saturated rings. The van der Waals surface area contributed by atoms with Crippen LogP contribution in [0.3, 0.4) is 0 Å². The van der Waals surface area contributed by atoms with Crippen LogP contribution in [-0.2, 0) is 9.47 Å². The van der Waals surface area contributed by atoms with E-state index in [2.05, 4.69) is 20.6 Å². The Balaban J connectivity index is 1.65. The van der Waals surface area contributed by atoms with Gasteiger partial charge in [-0.15, -0.1) is 10.2 Å². The lowest BCUT2D eigenvalue weighted by Crippen LogP contribution is -2.14. The van der Waals surface area contributed by atoms with Crippen LogP contribution in [0.15, 0.2) is 60.7 Å². The SMILES string of the molecule is COC(/C=C/C(OC)n1nnc2ccccc21)n1nnc2ccccc21. The van der Waals surface area contributed by atoms with Gasteiger partial charge in [0.05, 0.1) is 11.0 Å². The second-order valence-electron chi connectivity index (χ2n) is 5.68. The maximum atomic E-state index is 5.58. The molecule has 0 amide bonds. The monoisotopic (exact) mass is 350 g/mol. The molecule has 0 radical (unpaired) electrons. The molecule has 0 saturated carbocycles.